The van der Waals surface area contributed by atoms with Gasteiger partial charge in [-0.3, -0.25) is 0 Å². The van der Waals surface area contributed by atoms with Crippen LogP contribution in [0.2, 0.25) is 0 Å². The monoisotopic (exact) mass is 463 g/mol. The predicted molar refractivity (Wildman–Crippen MR) is 122 cm³/mol. The van der Waals surface area contributed by atoms with Gasteiger partial charge in [0.1, 0.15) is 17.9 Å². The average Bonchev–Trinajstić information content (AvgIpc) is 3.27. The Labute approximate surface area is 191 Å². The van der Waals surface area contributed by atoms with Crippen molar-refractivity contribution < 1.29 is 22.7 Å². The van der Waals surface area contributed by atoms with E-state index in [0.29, 0.717) is 11.3 Å². The largest absolute Gasteiger partial charge is 0.496 e. The van der Waals surface area contributed by atoms with Gasteiger partial charge in [-0.25, -0.2) is 23.0 Å². The minimum absolute atomic E-state index is 0.0410. The summed E-state index contributed by atoms with van der Waals surface area (Å²) in [5.74, 6) is -0.570. The minimum atomic E-state index is -4.00. The van der Waals surface area contributed by atoms with Gasteiger partial charge in [-0.05, 0) is 30.3 Å². The van der Waals surface area contributed by atoms with Gasteiger partial charge in [0.05, 0.1) is 23.4 Å². The number of hydrogen-bond donors (Lipinski definition) is 1. The van der Waals surface area contributed by atoms with Crippen molar-refractivity contribution in [2.75, 3.05) is 7.11 Å². The molecule has 0 unspecified atom stereocenters. The first kappa shape index (κ1) is 22.3. The zero-order valence-corrected chi connectivity index (χ0v) is 18.5. The number of hydrogen-bond acceptors (Lipinski definition) is 6. The molecule has 0 fully saturated rings. The molecule has 0 amide bonds. The molecule has 4 aromatic rings. The molecule has 33 heavy (non-hydrogen) atoms. The highest BCUT2D eigenvalue weighted by atomic mass is 32.2. The summed E-state index contributed by atoms with van der Waals surface area (Å²) in [6.07, 6.45) is 1.79. The Morgan fingerprint density at radius 3 is 2.30 bits per heavy atom. The van der Waals surface area contributed by atoms with Crippen molar-refractivity contribution in [3.63, 3.8) is 0 Å². The van der Waals surface area contributed by atoms with Crippen molar-refractivity contribution in [2.45, 2.75) is 11.5 Å². The highest BCUT2D eigenvalue weighted by Crippen LogP contribution is 2.26. The lowest BCUT2D eigenvalue weighted by Crippen LogP contribution is -2.14. The van der Waals surface area contributed by atoms with E-state index < -0.39 is 16.0 Å². The second-order valence-corrected chi connectivity index (χ2v) is 8.69. The van der Waals surface area contributed by atoms with Crippen LogP contribution >= 0.6 is 0 Å². The fourth-order valence-corrected chi connectivity index (χ4v) is 3.85. The molecule has 0 aliphatic heterocycles. The van der Waals surface area contributed by atoms with Gasteiger partial charge >= 0.3 is 5.97 Å². The first-order valence-electron chi connectivity index (χ1n) is 9.94. The van der Waals surface area contributed by atoms with E-state index >= 15 is 0 Å². The number of rotatable bonds is 7. The number of sulfonamides is 1. The molecule has 0 saturated heterocycles. The molecule has 9 heteroatoms. The third kappa shape index (κ3) is 4.94. The molecule has 0 aliphatic rings. The van der Waals surface area contributed by atoms with E-state index in [1.807, 2.05) is 60.7 Å². The molecule has 4 rings (SSSR count). The van der Waals surface area contributed by atoms with Crippen LogP contribution in [0.25, 0.3) is 16.9 Å². The number of para-hydroxylation sites is 1. The topological polar surface area (TPSA) is 114 Å². The van der Waals surface area contributed by atoms with Crippen molar-refractivity contribution >= 4 is 16.0 Å². The minimum Gasteiger partial charge on any atom is -0.496 e. The second kappa shape index (κ2) is 9.27. The Kier molecular flexibility index (Phi) is 6.25. The van der Waals surface area contributed by atoms with Crippen LogP contribution in [0.3, 0.4) is 0 Å². The molecule has 0 bridgehead atoms. The maximum Gasteiger partial charge on any atom is 0.342 e. The van der Waals surface area contributed by atoms with Crippen molar-refractivity contribution in [1.82, 2.24) is 9.78 Å². The number of benzene rings is 3. The molecule has 3 aromatic carbocycles. The van der Waals surface area contributed by atoms with E-state index in [-0.39, 0.29) is 22.8 Å². The summed E-state index contributed by atoms with van der Waals surface area (Å²) in [6, 6.07) is 22.9. The summed E-state index contributed by atoms with van der Waals surface area (Å²) in [7, 11) is -2.62. The number of nitrogens with two attached hydrogens (primary N) is 1. The molecule has 0 radical (unpaired) electrons. The Balaban J connectivity index is 1.66. The van der Waals surface area contributed by atoms with Crippen molar-refractivity contribution in [3.8, 4) is 22.7 Å². The SMILES string of the molecule is COc1ccc(S(N)(=O)=O)cc1C(=O)OCc1cn(-c2ccccc2)nc1-c1ccccc1. The molecule has 168 valence electrons. The first-order chi connectivity index (χ1) is 15.9. The molecule has 8 nitrogen and oxygen atoms in total. The van der Waals surface area contributed by atoms with Gasteiger partial charge in [0, 0.05) is 17.3 Å². The molecule has 1 aromatic heterocycles. The van der Waals surface area contributed by atoms with Crippen LogP contribution in [-0.2, 0) is 21.4 Å². The summed E-state index contributed by atoms with van der Waals surface area (Å²) in [5, 5.41) is 9.88. The fourth-order valence-electron chi connectivity index (χ4n) is 3.31. The lowest BCUT2D eigenvalue weighted by Gasteiger charge is -2.10. The van der Waals surface area contributed by atoms with Gasteiger partial charge in [0.2, 0.25) is 10.0 Å². The Hall–Kier alpha value is -3.95. The van der Waals surface area contributed by atoms with Crippen molar-refractivity contribution in [1.29, 1.82) is 0 Å². The van der Waals surface area contributed by atoms with E-state index in [9.17, 15) is 13.2 Å². The van der Waals surface area contributed by atoms with Crippen molar-refractivity contribution in [2.24, 2.45) is 5.14 Å². The van der Waals surface area contributed by atoms with Gasteiger partial charge in [0.25, 0.3) is 0 Å². The number of nitrogens with zero attached hydrogens (tertiary/aromatic N) is 2. The van der Waals surface area contributed by atoms with E-state index in [0.717, 1.165) is 17.3 Å². The van der Waals surface area contributed by atoms with E-state index in [2.05, 4.69) is 5.10 Å². The maximum absolute atomic E-state index is 12.8. The molecule has 0 atom stereocenters. The van der Waals surface area contributed by atoms with Gasteiger partial charge in [-0.15, -0.1) is 0 Å². The zero-order chi connectivity index (χ0) is 23.4. The van der Waals surface area contributed by atoms with Crippen LogP contribution in [-0.4, -0.2) is 31.3 Å². The smallest absolute Gasteiger partial charge is 0.342 e. The van der Waals surface area contributed by atoms with Gasteiger partial charge in [0.15, 0.2) is 0 Å². The number of carbonyl (C=O) groups is 1. The number of methoxy groups -OCH3 is 1. The van der Waals surface area contributed by atoms with Gasteiger partial charge in [-0.2, -0.15) is 5.10 Å². The predicted octanol–water partition coefficient (Wildman–Crippen LogP) is 3.55. The Morgan fingerprint density at radius 2 is 1.67 bits per heavy atom. The van der Waals surface area contributed by atoms with Gasteiger partial charge < -0.3 is 9.47 Å². The Morgan fingerprint density at radius 1 is 1.00 bits per heavy atom. The van der Waals surface area contributed by atoms with E-state index in [1.54, 1.807) is 10.9 Å². The normalized spacial score (nSPS) is 11.2. The summed E-state index contributed by atoms with van der Waals surface area (Å²) in [6.45, 7) is -0.0847. The van der Waals surface area contributed by atoms with Crippen LogP contribution < -0.4 is 9.88 Å². The third-order valence-corrected chi connectivity index (χ3v) is 5.85. The van der Waals surface area contributed by atoms with Crippen LogP contribution in [0.5, 0.6) is 5.75 Å². The Bertz CT molecular complexity index is 1380. The van der Waals surface area contributed by atoms with Crippen molar-refractivity contribution in [3.05, 3.63) is 96.2 Å². The highest BCUT2D eigenvalue weighted by molar-refractivity contribution is 7.89. The summed E-state index contributed by atoms with van der Waals surface area (Å²) >= 11 is 0. The number of primary sulfonamides is 1. The lowest BCUT2D eigenvalue weighted by molar-refractivity contribution is 0.0469. The van der Waals surface area contributed by atoms with Crippen LogP contribution in [0.4, 0.5) is 0 Å². The van der Waals surface area contributed by atoms with E-state index in [4.69, 9.17) is 14.6 Å². The average molecular weight is 464 g/mol. The summed E-state index contributed by atoms with van der Waals surface area (Å²) in [5.41, 5.74) is 3.03. The molecule has 1 heterocycles. The number of aromatic nitrogens is 2. The standard InChI is InChI=1S/C24H21N3O5S/c1-31-22-13-12-20(33(25,29)30)14-21(22)24(28)32-16-18-15-27(19-10-6-3-7-11-19)26-23(18)17-8-4-2-5-9-17/h2-15H,16H2,1H3,(H2,25,29,30). The lowest BCUT2D eigenvalue weighted by atomic mass is 10.1. The number of ether oxygens (including phenoxy) is 2. The maximum atomic E-state index is 12.8. The van der Waals surface area contributed by atoms with Crippen LogP contribution in [0.1, 0.15) is 15.9 Å². The quantitative estimate of drug-likeness (QED) is 0.419. The van der Waals surface area contributed by atoms with Crippen LogP contribution in [0.15, 0.2) is 90.0 Å². The molecule has 2 N–H and O–H groups in total. The second-order valence-electron chi connectivity index (χ2n) is 7.13. The molecule has 0 spiro atoms. The molecular formula is C24H21N3O5S. The fraction of sp³-hybridized carbons (Fsp3) is 0.0833. The highest BCUT2D eigenvalue weighted by Gasteiger charge is 2.20. The molecule has 0 aliphatic carbocycles. The number of carbonyl (C=O) groups excluding carboxylic acids is 1. The molecule has 0 saturated carbocycles. The first-order valence-corrected chi connectivity index (χ1v) is 11.5. The van der Waals surface area contributed by atoms with Crippen LogP contribution in [0, 0.1) is 0 Å². The zero-order valence-electron chi connectivity index (χ0n) is 17.7. The number of esters is 1. The van der Waals surface area contributed by atoms with E-state index in [1.165, 1.54) is 19.2 Å². The summed E-state index contributed by atoms with van der Waals surface area (Å²) < 4.78 is 35.8. The van der Waals surface area contributed by atoms with Gasteiger partial charge in [-0.1, -0.05) is 48.5 Å². The summed E-state index contributed by atoms with van der Waals surface area (Å²) in [4.78, 5) is 12.6. The molecular weight excluding hydrogens is 442 g/mol. The third-order valence-electron chi connectivity index (χ3n) is 4.94.